The first-order valence-corrected chi connectivity index (χ1v) is 6.29. The highest BCUT2D eigenvalue weighted by Gasteiger charge is 2.31. The Kier molecular flexibility index (Phi) is 2.59. The molecule has 1 aromatic carbocycles. The highest BCUT2D eigenvalue weighted by atomic mass is 16.4. The molecule has 0 bridgehead atoms. The highest BCUT2D eigenvalue weighted by Crippen LogP contribution is 2.32. The van der Waals surface area contributed by atoms with Crippen molar-refractivity contribution in [3.63, 3.8) is 0 Å². The van der Waals surface area contributed by atoms with Crippen LogP contribution < -0.4 is 5.32 Å². The van der Waals surface area contributed by atoms with E-state index in [0.717, 1.165) is 28.6 Å². The van der Waals surface area contributed by atoms with Crippen molar-refractivity contribution in [3.8, 4) is 0 Å². The van der Waals surface area contributed by atoms with Gasteiger partial charge in [0.2, 0.25) is 0 Å². The molecule has 2 atom stereocenters. The summed E-state index contributed by atoms with van der Waals surface area (Å²) in [4.78, 5) is 14.6. The molecule has 94 valence electrons. The smallest absolute Gasteiger partial charge is 0.321 e. The maximum Gasteiger partial charge on any atom is 0.321 e. The van der Waals surface area contributed by atoms with Crippen LogP contribution in [0.25, 0.3) is 10.9 Å². The van der Waals surface area contributed by atoms with Crippen molar-refractivity contribution in [2.45, 2.75) is 31.8 Å². The van der Waals surface area contributed by atoms with E-state index in [1.54, 1.807) is 0 Å². The molecule has 2 heterocycles. The van der Waals surface area contributed by atoms with E-state index in [1.165, 1.54) is 0 Å². The fourth-order valence-corrected chi connectivity index (χ4v) is 2.81. The quantitative estimate of drug-likeness (QED) is 0.759. The molecule has 0 aliphatic carbocycles. The number of hydrogen-bond acceptors (Lipinski definition) is 2. The number of rotatable bonds is 2. The van der Waals surface area contributed by atoms with Crippen LogP contribution in [0.15, 0.2) is 24.3 Å². The number of benzene rings is 1. The molecule has 0 saturated heterocycles. The van der Waals surface area contributed by atoms with E-state index >= 15 is 0 Å². The molecule has 4 heteroatoms. The van der Waals surface area contributed by atoms with Crippen LogP contribution in [-0.2, 0) is 11.2 Å². The number of hydrogen-bond donors (Lipinski definition) is 3. The fourth-order valence-electron chi connectivity index (χ4n) is 2.81. The third-order valence-corrected chi connectivity index (χ3v) is 3.71. The normalized spacial score (nSPS) is 22.9. The maximum absolute atomic E-state index is 11.2. The van der Waals surface area contributed by atoms with Gasteiger partial charge in [-0.2, -0.15) is 0 Å². The number of aromatic nitrogens is 1. The lowest BCUT2D eigenvalue weighted by Crippen LogP contribution is -2.44. The minimum absolute atomic E-state index is 0.0993. The number of H-pyrrole nitrogens is 1. The van der Waals surface area contributed by atoms with E-state index in [0.29, 0.717) is 6.42 Å². The van der Waals surface area contributed by atoms with Gasteiger partial charge in [-0.25, -0.2) is 0 Å². The number of para-hydroxylation sites is 1. The molecule has 2 aromatic rings. The Labute approximate surface area is 105 Å². The zero-order chi connectivity index (χ0) is 12.7. The van der Waals surface area contributed by atoms with Gasteiger partial charge in [0.15, 0.2) is 0 Å². The Morgan fingerprint density at radius 1 is 1.44 bits per heavy atom. The molecule has 0 amide bonds. The summed E-state index contributed by atoms with van der Waals surface area (Å²) >= 11 is 0. The maximum atomic E-state index is 11.2. The van der Waals surface area contributed by atoms with Crippen LogP contribution in [0, 0.1) is 0 Å². The molecule has 3 N–H and O–H groups in total. The van der Waals surface area contributed by atoms with Gasteiger partial charge in [-0.15, -0.1) is 0 Å². The van der Waals surface area contributed by atoms with Crippen molar-refractivity contribution >= 4 is 16.9 Å². The van der Waals surface area contributed by atoms with Gasteiger partial charge in [-0.3, -0.25) is 10.1 Å². The molecule has 1 aromatic heterocycles. The molecule has 0 radical (unpaired) electrons. The number of carbonyl (C=O) groups is 1. The average molecular weight is 244 g/mol. The predicted octanol–water partition coefficient (Wildman–Crippen LogP) is 2.22. The van der Waals surface area contributed by atoms with Crippen molar-refractivity contribution in [2.75, 3.05) is 0 Å². The molecule has 18 heavy (non-hydrogen) atoms. The molecule has 0 saturated carbocycles. The van der Waals surface area contributed by atoms with Crippen LogP contribution in [0.5, 0.6) is 0 Å². The van der Waals surface area contributed by atoms with Crippen molar-refractivity contribution in [1.29, 1.82) is 0 Å². The number of aromatic amines is 1. The number of aliphatic carboxylic acids is 1. The fraction of sp³-hybridized carbons (Fsp3) is 0.357. The summed E-state index contributed by atoms with van der Waals surface area (Å²) in [6, 6.07) is 7.70. The van der Waals surface area contributed by atoms with Crippen molar-refractivity contribution in [3.05, 3.63) is 35.5 Å². The molecule has 1 aliphatic rings. The number of carboxylic acids is 1. The van der Waals surface area contributed by atoms with Gasteiger partial charge in [0.1, 0.15) is 6.04 Å². The van der Waals surface area contributed by atoms with Crippen LogP contribution in [0.2, 0.25) is 0 Å². The van der Waals surface area contributed by atoms with E-state index in [-0.39, 0.29) is 6.04 Å². The van der Waals surface area contributed by atoms with E-state index in [4.69, 9.17) is 0 Å². The standard InChI is InChI=1S/C14H16N2O2/c1-2-10-13-9(7-12(15-10)14(17)18)8-5-3-4-6-11(8)16-13/h3-6,10,12,15-16H,2,7H2,1H3,(H,17,18)/t10-,12-/m0/s1. The van der Waals surface area contributed by atoms with Crippen molar-refractivity contribution < 1.29 is 9.90 Å². The van der Waals surface area contributed by atoms with Crippen LogP contribution in [0.4, 0.5) is 0 Å². The molecule has 0 unspecified atom stereocenters. The minimum Gasteiger partial charge on any atom is -0.480 e. The average Bonchev–Trinajstić information content (AvgIpc) is 2.76. The van der Waals surface area contributed by atoms with Gasteiger partial charge < -0.3 is 10.1 Å². The van der Waals surface area contributed by atoms with Gasteiger partial charge in [0, 0.05) is 29.1 Å². The van der Waals surface area contributed by atoms with Crippen molar-refractivity contribution in [1.82, 2.24) is 10.3 Å². The van der Waals surface area contributed by atoms with E-state index in [1.807, 2.05) is 18.2 Å². The van der Waals surface area contributed by atoms with Crippen molar-refractivity contribution in [2.24, 2.45) is 0 Å². The summed E-state index contributed by atoms with van der Waals surface area (Å²) in [7, 11) is 0. The lowest BCUT2D eigenvalue weighted by atomic mass is 9.93. The first-order valence-electron chi connectivity index (χ1n) is 6.29. The second kappa shape index (κ2) is 4.14. The van der Waals surface area contributed by atoms with Gasteiger partial charge in [0.05, 0.1) is 0 Å². The van der Waals surface area contributed by atoms with Crippen LogP contribution >= 0.6 is 0 Å². The Bertz CT molecular complexity index is 603. The SMILES string of the molecule is CC[C@@H]1N[C@H](C(=O)O)Cc2c1[nH]c1ccccc21. The second-order valence-corrected chi connectivity index (χ2v) is 4.79. The topological polar surface area (TPSA) is 65.1 Å². The summed E-state index contributed by atoms with van der Waals surface area (Å²) in [5.41, 5.74) is 3.40. The summed E-state index contributed by atoms with van der Waals surface area (Å²) < 4.78 is 0. The number of fused-ring (bicyclic) bond motifs is 3. The van der Waals surface area contributed by atoms with E-state index < -0.39 is 12.0 Å². The minimum atomic E-state index is -0.774. The van der Waals surface area contributed by atoms with Crippen LogP contribution in [0.1, 0.15) is 30.6 Å². The first-order chi connectivity index (χ1) is 8.70. The summed E-state index contributed by atoms with van der Waals surface area (Å²) in [6.07, 6.45) is 1.43. The van der Waals surface area contributed by atoms with Gasteiger partial charge in [-0.05, 0) is 18.1 Å². The molecular formula is C14H16N2O2. The van der Waals surface area contributed by atoms with E-state index in [9.17, 15) is 9.90 Å². The second-order valence-electron chi connectivity index (χ2n) is 4.79. The Morgan fingerprint density at radius 3 is 2.94 bits per heavy atom. The summed E-state index contributed by atoms with van der Waals surface area (Å²) in [6.45, 7) is 2.07. The lowest BCUT2D eigenvalue weighted by Gasteiger charge is -2.28. The van der Waals surface area contributed by atoms with Gasteiger partial charge in [0.25, 0.3) is 0 Å². The number of carboxylic acid groups (broad SMARTS) is 1. The highest BCUT2D eigenvalue weighted by molar-refractivity contribution is 5.86. The molecule has 1 aliphatic heterocycles. The lowest BCUT2D eigenvalue weighted by molar-refractivity contribution is -0.139. The van der Waals surface area contributed by atoms with E-state index in [2.05, 4.69) is 23.3 Å². The monoisotopic (exact) mass is 244 g/mol. The number of nitrogens with one attached hydrogen (secondary N) is 2. The van der Waals surface area contributed by atoms with Crippen LogP contribution in [-0.4, -0.2) is 22.1 Å². The predicted molar refractivity (Wildman–Crippen MR) is 69.6 cm³/mol. The largest absolute Gasteiger partial charge is 0.480 e. The summed E-state index contributed by atoms with van der Waals surface area (Å²) in [5.74, 6) is -0.774. The molecule has 3 rings (SSSR count). The van der Waals surface area contributed by atoms with Gasteiger partial charge in [-0.1, -0.05) is 25.1 Å². The van der Waals surface area contributed by atoms with Crippen LogP contribution in [0.3, 0.4) is 0 Å². The third-order valence-electron chi connectivity index (χ3n) is 3.71. The Balaban J connectivity index is 2.15. The first kappa shape index (κ1) is 11.3. The molecule has 0 spiro atoms. The third kappa shape index (κ3) is 1.61. The Hall–Kier alpha value is -1.81. The Morgan fingerprint density at radius 2 is 2.22 bits per heavy atom. The molecule has 4 nitrogen and oxygen atoms in total. The summed E-state index contributed by atoms with van der Waals surface area (Å²) in [5, 5.41) is 13.6. The molecule has 0 fully saturated rings. The zero-order valence-corrected chi connectivity index (χ0v) is 10.2. The zero-order valence-electron chi connectivity index (χ0n) is 10.2. The van der Waals surface area contributed by atoms with Gasteiger partial charge >= 0.3 is 5.97 Å². The molecular weight excluding hydrogens is 228 g/mol.